The standard InChI is InChI=1S/C24H16Br2O3/c25-19-9-12-21-18(14-19)8-13-22(24(21)26)28-15-23(27)29-20-10-6-17(7-11-20)16-4-2-1-3-5-16/h1-14H,15H2. The van der Waals surface area contributed by atoms with Gasteiger partial charge in [-0.25, -0.2) is 4.79 Å². The monoisotopic (exact) mass is 510 g/mol. The molecule has 0 heterocycles. The summed E-state index contributed by atoms with van der Waals surface area (Å²) in [5.41, 5.74) is 2.18. The van der Waals surface area contributed by atoms with Gasteiger partial charge in [-0.2, -0.15) is 0 Å². The third-order valence-corrected chi connectivity index (χ3v) is 5.73. The van der Waals surface area contributed by atoms with Gasteiger partial charge in [0.15, 0.2) is 6.61 Å². The van der Waals surface area contributed by atoms with E-state index in [1.807, 2.05) is 72.8 Å². The molecule has 0 radical (unpaired) electrons. The Labute approximate surface area is 185 Å². The predicted molar refractivity (Wildman–Crippen MR) is 122 cm³/mol. The van der Waals surface area contributed by atoms with Crippen LogP contribution in [0.2, 0.25) is 0 Å². The highest BCUT2D eigenvalue weighted by Gasteiger charge is 2.11. The van der Waals surface area contributed by atoms with E-state index < -0.39 is 5.97 Å². The first kappa shape index (κ1) is 19.7. The summed E-state index contributed by atoms with van der Waals surface area (Å²) in [6, 6.07) is 27.2. The maximum Gasteiger partial charge on any atom is 0.349 e. The molecule has 0 aliphatic heterocycles. The van der Waals surface area contributed by atoms with E-state index in [4.69, 9.17) is 9.47 Å². The number of carbonyl (C=O) groups excluding carboxylic acids is 1. The normalized spacial score (nSPS) is 10.7. The van der Waals surface area contributed by atoms with Crippen LogP contribution in [0.4, 0.5) is 0 Å². The molecular formula is C24H16Br2O3. The van der Waals surface area contributed by atoms with Crippen LogP contribution in [0, 0.1) is 0 Å². The van der Waals surface area contributed by atoms with Gasteiger partial charge in [0, 0.05) is 4.47 Å². The van der Waals surface area contributed by atoms with Crippen LogP contribution < -0.4 is 9.47 Å². The van der Waals surface area contributed by atoms with Crippen LogP contribution in [0.5, 0.6) is 11.5 Å². The highest BCUT2D eigenvalue weighted by Crippen LogP contribution is 2.34. The summed E-state index contributed by atoms with van der Waals surface area (Å²) in [5.74, 6) is 0.622. The maximum absolute atomic E-state index is 12.2. The molecule has 0 saturated carbocycles. The van der Waals surface area contributed by atoms with Crippen molar-refractivity contribution in [3.8, 4) is 22.6 Å². The fourth-order valence-electron chi connectivity index (χ4n) is 3.00. The van der Waals surface area contributed by atoms with Crippen LogP contribution in [-0.2, 0) is 4.79 Å². The molecule has 4 aromatic rings. The lowest BCUT2D eigenvalue weighted by atomic mass is 10.1. The molecule has 0 saturated heterocycles. The van der Waals surface area contributed by atoms with E-state index in [-0.39, 0.29) is 6.61 Å². The summed E-state index contributed by atoms with van der Waals surface area (Å²) >= 11 is 7.03. The van der Waals surface area contributed by atoms with Gasteiger partial charge in [0.2, 0.25) is 0 Å². The van der Waals surface area contributed by atoms with Crippen molar-refractivity contribution in [2.45, 2.75) is 0 Å². The van der Waals surface area contributed by atoms with Crippen LogP contribution in [0.3, 0.4) is 0 Å². The maximum atomic E-state index is 12.2. The zero-order chi connectivity index (χ0) is 20.2. The third kappa shape index (κ3) is 4.69. The van der Waals surface area contributed by atoms with Crippen LogP contribution >= 0.6 is 31.9 Å². The minimum absolute atomic E-state index is 0.179. The van der Waals surface area contributed by atoms with E-state index >= 15 is 0 Å². The van der Waals surface area contributed by atoms with Gasteiger partial charge in [-0.05, 0) is 68.2 Å². The smallest absolute Gasteiger partial charge is 0.349 e. The summed E-state index contributed by atoms with van der Waals surface area (Å²) in [4.78, 5) is 12.2. The van der Waals surface area contributed by atoms with Crippen molar-refractivity contribution in [3.05, 3.63) is 93.9 Å². The molecule has 144 valence electrons. The first-order chi connectivity index (χ1) is 14.1. The molecule has 0 fully saturated rings. The van der Waals surface area contributed by atoms with Gasteiger partial charge >= 0.3 is 5.97 Å². The number of ether oxygens (including phenoxy) is 2. The molecule has 0 unspecified atom stereocenters. The molecule has 0 bridgehead atoms. The van der Waals surface area contributed by atoms with Crippen LogP contribution in [0.15, 0.2) is 93.9 Å². The summed E-state index contributed by atoms with van der Waals surface area (Å²) < 4.78 is 12.9. The molecule has 4 rings (SSSR count). The molecule has 0 aliphatic rings. The number of fused-ring (bicyclic) bond motifs is 1. The topological polar surface area (TPSA) is 35.5 Å². The Kier molecular flexibility index (Phi) is 5.97. The van der Waals surface area contributed by atoms with Crippen LogP contribution in [0.1, 0.15) is 0 Å². The molecule has 5 heteroatoms. The molecular weight excluding hydrogens is 496 g/mol. The van der Waals surface area contributed by atoms with Gasteiger partial charge in [0.25, 0.3) is 0 Å². The second kappa shape index (κ2) is 8.80. The Balaban J connectivity index is 1.40. The van der Waals surface area contributed by atoms with E-state index in [1.165, 1.54) is 0 Å². The number of halogens is 2. The van der Waals surface area contributed by atoms with Crippen molar-refractivity contribution in [2.75, 3.05) is 6.61 Å². The van der Waals surface area contributed by atoms with E-state index in [0.29, 0.717) is 11.5 Å². The second-order valence-electron chi connectivity index (χ2n) is 6.40. The average Bonchev–Trinajstić information content (AvgIpc) is 2.74. The first-order valence-electron chi connectivity index (χ1n) is 8.97. The highest BCUT2D eigenvalue weighted by atomic mass is 79.9. The largest absolute Gasteiger partial charge is 0.481 e. The molecule has 0 amide bonds. The summed E-state index contributed by atoms with van der Waals surface area (Å²) in [5, 5.41) is 2.08. The number of esters is 1. The number of rotatable bonds is 5. The predicted octanol–water partition coefficient (Wildman–Crippen LogP) is 7.02. The van der Waals surface area contributed by atoms with Crippen LogP contribution in [0.25, 0.3) is 21.9 Å². The Morgan fingerprint density at radius 3 is 2.28 bits per heavy atom. The highest BCUT2D eigenvalue weighted by molar-refractivity contribution is 9.11. The minimum atomic E-state index is -0.458. The number of hydrogen-bond donors (Lipinski definition) is 0. The Bertz CT molecular complexity index is 1160. The van der Waals surface area contributed by atoms with Gasteiger partial charge in [0.05, 0.1) is 4.47 Å². The van der Waals surface area contributed by atoms with E-state index in [2.05, 4.69) is 31.9 Å². The van der Waals surface area contributed by atoms with Gasteiger partial charge in [-0.15, -0.1) is 0 Å². The van der Waals surface area contributed by atoms with E-state index in [9.17, 15) is 4.79 Å². The Hall–Kier alpha value is -2.63. The summed E-state index contributed by atoms with van der Waals surface area (Å²) in [6.45, 7) is -0.179. The van der Waals surface area contributed by atoms with Gasteiger partial charge in [-0.3, -0.25) is 0 Å². The Morgan fingerprint density at radius 2 is 1.52 bits per heavy atom. The number of hydrogen-bond acceptors (Lipinski definition) is 3. The summed E-state index contributed by atoms with van der Waals surface area (Å²) in [6.07, 6.45) is 0. The lowest BCUT2D eigenvalue weighted by molar-refractivity contribution is -0.136. The Morgan fingerprint density at radius 1 is 0.793 bits per heavy atom. The average molecular weight is 512 g/mol. The molecule has 4 aromatic carbocycles. The third-order valence-electron chi connectivity index (χ3n) is 4.42. The molecule has 0 aromatic heterocycles. The number of benzene rings is 4. The molecule has 3 nitrogen and oxygen atoms in total. The molecule has 0 aliphatic carbocycles. The van der Waals surface area contributed by atoms with Gasteiger partial charge in [-0.1, -0.05) is 70.5 Å². The lowest BCUT2D eigenvalue weighted by Gasteiger charge is -2.11. The SMILES string of the molecule is O=C(COc1ccc2cc(Br)ccc2c1Br)Oc1ccc(-c2ccccc2)cc1. The molecule has 0 N–H and O–H groups in total. The minimum Gasteiger partial charge on any atom is -0.481 e. The van der Waals surface area contributed by atoms with Gasteiger partial charge in [0.1, 0.15) is 11.5 Å². The lowest BCUT2D eigenvalue weighted by Crippen LogP contribution is -2.17. The van der Waals surface area contributed by atoms with E-state index in [0.717, 1.165) is 30.8 Å². The molecule has 29 heavy (non-hydrogen) atoms. The van der Waals surface area contributed by atoms with Crippen LogP contribution in [-0.4, -0.2) is 12.6 Å². The molecule has 0 spiro atoms. The zero-order valence-corrected chi connectivity index (χ0v) is 18.4. The van der Waals surface area contributed by atoms with Crippen molar-refractivity contribution in [1.82, 2.24) is 0 Å². The van der Waals surface area contributed by atoms with Crippen molar-refractivity contribution in [2.24, 2.45) is 0 Å². The second-order valence-corrected chi connectivity index (χ2v) is 8.10. The van der Waals surface area contributed by atoms with Gasteiger partial charge < -0.3 is 9.47 Å². The zero-order valence-electron chi connectivity index (χ0n) is 15.3. The van der Waals surface area contributed by atoms with Crippen molar-refractivity contribution in [3.63, 3.8) is 0 Å². The first-order valence-corrected chi connectivity index (χ1v) is 10.6. The van der Waals surface area contributed by atoms with Crippen molar-refractivity contribution >= 4 is 48.6 Å². The number of carbonyl (C=O) groups is 1. The molecule has 0 atom stereocenters. The fourth-order valence-corrected chi connectivity index (χ4v) is 3.98. The quantitative estimate of drug-likeness (QED) is 0.213. The summed E-state index contributed by atoms with van der Waals surface area (Å²) in [7, 11) is 0. The van der Waals surface area contributed by atoms with Crippen molar-refractivity contribution in [1.29, 1.82) is 0 Å². The van der Waals surface area contributed by atoms with E-state index in [1.54, 1.807) is 12.1 Å². The van der Waals surface area contributed by atoms with Crippen molar-refractivity contribution < 1.29 is 14.3 Å². The fraction of sp³-hybridized carbons (Fsp3) is 0.0417.